The zero-order valence-corrected chi connectivity index (χ0v) is 16.3. The number of aromatic nitrogens is 4. The molecule has 1 aromatic carbocycles. The van der Waals surface area contributed by atoms with Crippen LogP contribution in [0.1, 0.15) is 21.7 Å². The molecule has 0 aliphatic rings. The molecule has 0 aliphatic heterocycles. The van der Waals surface area contributed by atoms with Crippen molar-refractivity contribution in [3.05, 3.63) is 59.1 Å². The molecule has 0 bridgehead atoms. The summed E-state index contributed by atoms with van der Waals surface area (Å²) < 4.78 is 1.03. The van der Waals surface area contributed by atoms with Crippen LogP contribution in [0.15, 0.2) is 42.2 Å². The van der Waals surface area contributed by atoms with Gasteiger partial charge < -0.3 is 5.32 Å². The Morgan fingerprint density at radius 1 is 1.11 bits per heavy atom. The highest BCUT2D eigenvalue weighted by Crippen LogP contribution is 2.27. The predicted octanol–water partition coefficient (Wildman–Crippen LogP) is 3.28. The van der Waals surface area contributed by atoms with Gasteiger partial charge in [-0.1, -0.05) is 17.4 Å². The van der Waals surface area contributed by atoms with E-state index in [9.17, 15) is 9.59 Å². The fraction of sp³-hybridized carbons (Fsp3) is 0.111. The summed E-state index contributed by atoms with van der Waals surface area (Å²) in [6.07, 6.45) is 4.39. The first-order valence-corrected chi connectivity index (χ1v) is 9.95. The number of nitrogens with zero attached hydrogens (tertiary/aromatic N) is 4. The highest BCUT2D eigenvalue weighted by atomic mass is 32.1. The molecule has 0 atom stereocenters. The van der Waals surface area contributed by atoms with E-state index in [1.54, 1.807) is 5.38 Å². The molecule has 0 saturated carbocycles. The largest absolute Gasteiger partial charge is 0.302 e. The molecule has 0 fully saturated rings. The lowest BCUT2D eigenvalue weighted by atomic mass is 10.2. The van der Waals surface area contributed by atoms with E-state index in [1.807, 2.05) is 25.1 Å². The van der Waals surface area contributed by atoms with Crippen LogP contribution < -0.4 is 10.6 Å². The molecule has 8 nitrogen and oxygen atoms in total. The summed E-state index contributed by atoms with van der Waals surface area (Å²) in [5, 5.41) is 8.13. The summed E-state index contributed by atoms with van der Waals surface area (Å²) in [5.41, 5.74) is 2.76. The summed E-state index contributed by atoms with van der Waals surface area (Å²) >= 11 is 2.67. The SMILES string of the molecule is Cc1ccc2nc(NC(=O)Cc3csc(NC(=O)c4cnccn4)n3)sc2c1. The Hall–Kier alpha value is -3.24. The maximum atomic E-state index is 12.3. The van der Waals surface area contributed by atoms with E-state index in [2.05, 4.69) is 30.6 Å². The lowest BCUT2D eigenvalue weighted by Gasteiger charge is -2.00. The number of carbonyl (C=O) groups is 2. The monoisotopic (exact) mass is 410 g/mol. The van der Waals surface area contributed by atoms with Crippen LogP contribution in [0, 0.1) is 6.92 Å². The lowest BCUT2D eigenvalue weighted by molar-refractivity contribution is -0.115. The number of aryl methyl sites for hydroxylation is 1. The van der Waals surface area contributed by atoms with E-state index in [4.69, 9.17) is 0 Å². The molecule has 3 heterocycles. The highest BCUT2D eigenvalue weighted by Gasteiger charge is 2.13. The Morgan fingerprint density at radius 2 is 2.00 bits per heavy atom. The molecule has 2 N–H and O–H groups in total. The second-order valence-corrected chi connectivity index (χ2v) is 7.79. The normalized spacial score (nSPS) is 10.8. The Labute approximate surface area is 167 Å². The first-order chi connectivity index (χ1) is 13.6. The van der Waals surface area contributed by atoms with Crippen LogP contribution in [0.2, 0.25) is 0 Å². The average Bonchev–Trinajstić information content (AvgIpc) is 3.28. The van der Waals surface area contributed by atoms with E-state index in [0.717, 1.165) is 15.8 Å². The molecule has 4 rings (SSSR count). The van der Waals surface area contributed by atoms with Gasteiger partial charge in [-0.05, 0) is 24.6 Å². The van der Waals surface area contributed by atoms with Gasteiger partial charge in [-0.15, -0.1) is 11.3 Å². The van der Waals surface area contributed by atoms with Crippen LogP contribution >= 0.6 is 22.7 Å². The van der Waals surface area contributed by atoms with Crippen molar-refractivity contribution in [2.45, 2.75) is 13.3 Å². The Balaban J connectivity index is 1.37. The molecule has 140 valence electrons. The van der Waals surface area contributed by atoms with Crippen LogP contribution in [0.3, 0.4) is 0 Å². The second kappa shape index (κ2) is 7.79. The van der Waals surface area contributed by atoms with Gasteiger partial charge in [-0.25, -0.2) is 15.0 Å². The van der Waals surface area contributed by atoms with Crippen molar-refractivity contribution < 1.29 is 9.59 Å². The van der Waals surface area contributed by atoms with Crippen molar-refractivity contribution in [3.63, 3.8) is 0 Å². The number of anilines is 2. The molecule has 4 aromatic rings. The number of amides is 2. The van der Waals surface area contributed by atoms with Gasteiger partial charge in [0, 0.05) is 17.8 Å². The summed E-state index contributed by atoms with van der Waals surface area (Å²) in [6.45, 7) is 2.01. The van der Waals surface area contributed by atoms with Gasteiger partial charge >= 0.3 is 0 Å². The topological polar surface area (TPSA) is 110 Å². The van der Waals surface area contributed by atoms with Crippen LogP contribution in [0.5, 0.6) is 0 Å². The van der Waals surface area contributed by atoms with Gasteiger partial charge in [0.05, 0.1) is 28.5 Å². The maximum Gasteiger partial charge on any atom is 0.277 e. The molecule has 0 unspecified atom stereocenters. The van der Waals surface area contributed by atoms with Gasteiger partial charge in [0.2, 0.25) is 5.91 Å². The van der Waals surface area contributed by atoms with E-state index in [0.29, 0.717) is 16.0 Å². The van der Waals surface area contributed by atoms with Crippen LogP contribution in [-0.4, -0.2) is 31.8 Å². The molecule has 2 amide bonds. The van der Waals surface area contributed by atoms with Crippen LogP contribution in [-0.2, 0) is 11.2 Å². The molecular weight excluding hydrogens is 396 g/mol. The Bertz CT molecular complexity index is 1160. The van der Waals surface area contributed by atoms with Crippen LogP contribution in [0.4, 0.5) is 10.3 Å². The molecule has 0 radical (unpaired) electrons. The molecule has 28 heavy (non-hydrogen) atoms. The quantitative estimate of drug-likeness (QED) is 0.522. The van der Waals surface area contributed by atoms with Crippen molar-refractivity contribution in [2.24, 2.45) is 0 Å². The molecule has 3 aromatic heterocycles. The van der Waals surface area contributed by atoms with E-state index >= 15 is 0 Å². The van der Waals surface area contributed by atoms with Gasteiger partial charge in [0.15, 0.2) is 10.3 Å². The average molecular weight is 410 g/mol. The molecule has 0 saturated heterocycles. The molecule has 0 spiro atoms. The minimum Gasteiger partial charge on any atom is -0.302 e. The molecule has 0 aliphatic carbocycles. The zero-order valence-electron chi connectivity index (χ0n) is 14.7. The fourth-order valence-electron chi connectivity index (χ4n) is 2.44. The standard InChI is InChI=1S/C18H14N6O2S2/c1-10-2-3-12-14(6-10)28-18(22-12)23-15(25)7-11-9-27-17(21-11)24-16(26)13-8-19-4-5-20-13/h2-6,8-9H,7H2,1H3,(H,21,24,26)(H,22,23,25). The van der Waals surface area contributed by atoms with Gasteiger partial charge in [0.1, 0.15) is 5.69 Å². The third-order valence-corrected chi connectivity index (χ3v) is 5.44. The molecule has 10 heteroatoms. The third-order valence-electron chi connectivity index (χ3n) is 3.70. The smallest absolute Gasteiger partial charge is 0.277 e. The minimum absolute atomic E-state index is 0.0897. The number of hydrogen-bond acceptors (Lipinski definition) is 8. The van der Waals surface area contributed by atoms with E-state index in [1.165, 1.54) is 41.3 Å². The first-order valence-electron chi connectivity index (χ1n) is 8.25. The van der Waals surface area contributed by atoms with Crippen molar-refractivity contribution in [2.75, 3.05) is 10.6 Å². The van der Waals surface area contributed by atoms with Gasteiger partial charge in [-0.2, -0.15) is 0 Å². The summed E-state index contributed by atoms with van der Waals surface area (Å²) in [4.78, 5) is 40.8. The van der Waals surface area contributed by atoms with Gasteiger partial charge in [-0.3, -0.25) is 19.9 Å². The zero-order chi connectivity index (χ0) is 19.5. The van der Waals surface area contributed by atoms with Crippen molar-refractivity contribution in [1.29, 1.82) is 0 Å². The predicted molar refractivity (Wildman–Crippen MR) is 109 cm³/mol. The van der Waals surface area contributed by atoms with E-state index in [-0.39, 0.29) is 18.0 Å². The number of fused-ring (bicyclic) bond motifs is 1. The second-order valence-electron chi connectivity index (χ2n) is 5.90. The summed E-state index contributed by atoms with van der Waals surface area (Å²) in [5.74, 6) is -0.615. The summed E-state index contributed by atoms with van der Waals surface area (Å²) in [6, 6.07) is 5.96. The number of hydrogen-bond donors (Lipinski definition) is 2. The summed E-state index contributed by atoms with van der Waals surface area (Å²) in [7, 11) is 0. The Morgan fingerprint density at radius 3 is 2.82 bits per heavy atom. The third kappa shape index (κ3) is 4.18. The Kier molecular flexibility index (Phi) is 5.04. The lowest BCUT2D eigenvalue weighted by Crippen LogP contribution is -2.15. The van der Waals surface area contributed by atoms with Gasteiger partial charge in [0.25, 0.3) is 5.91 Å². The number of rotatable bonds is 5. The van der Waals surface area contributed by atoms with Crippen molar-refractivity contribution in [3.8, 4) is 0 Å². The number of thiazole rings is 2. The number of benzene rings is 1. The number of nitrogens with one attached hydrogen (secondary N) is 2. The fourth-order valence-corrected chi connectivity index (χ4v) is 4.12. The number of carbonyl (C=O) groups excluding carboxylic acids is 2. The van der Waals surface area contributed by atoms with Crippen molar-refractivity contribution in [1.82, 2.24) is 19.9 Å². The highest BCUT2D eigenvalue weighted by molar-refractivity contribution is 7.22. The first kappa shape index (κ1) is 18.1. The minimum atomic E-state index is -0.400. The van der Waals surface area contributed by atoms with Crippen LogP contribution in [0.25, 0.3) is 10.2 Å². The van der Waals surface area contributed by atoms with E-state index < -0.39 is 5.91 Å². The molecular formula is C18H14N6O2S2. The van der Waals surface area contributed by atoms with Crippen molar-refractivity contribution >= 4 is 55.0 Å². The maximum absolute atomic E-state index is 12.3.